The molecule has 17 heavy (non-hydrogen) atoms. The molecule has 1 unspecified atom stereocenters. The Balaban J connectivity index is 2.26. The Morgan fingerprint density at radius 1 is 1.18 bits per heavy atom. The van der Waals surface area contributed by atoms with E-state index in [0.717, 1.165) is 23.1 Å². The van der Waals surface area contributed by atoms with Crippen LogP contribution in [0.4, 0.5) is 11.4 Å². The van der Waals surface area contributed by atoms with Crippen LogP contribution < -0.4 is 26.8 Å². The minimum Gasteiger partial charge on any atom is -0.352 e. The molecule has 5 heteroatoms. The average molecular weight is 248 g/mol. The molecule has 2 N–H and O–H groups in total. The van der Waals surface area contributed by atoms with E-state index in [2.05, 4.69) is 19.9 Å². The lowest BCUT2D eigenvalue weighted by atomic mass is 10.1. The molecule has 0 radical (unpaired) electrons. The first-order chi connectivity index (χ1) is 8.11. The first-order valence-corrected chi connectivity index (χ1v) is 5.80. The van der Waals surface area contributed by atoms with Gasteiger partial charge in [0.2, 0.25) is 10.9 Å². The van der Waals surface area contributed by atoms with Crippen LogP contribution in [0.3, 0.4) is 0 Å². The summed E-state index contributed by atoms with van der Waals surface area (Å²) in [6, 6.07) is 7.23. The Morgan fingerprint density at radius 3 is 2.53 bits per heavy atom. The summed E-state index contributed by atoms with van der Waals surface area (Å²) < 4.78 is 0. The standard InChI is InChI=1S/C12H13N2O2P/c1-13-6-7-2-3-11(17)8(4-7)14-9-5-10(15)12(9)16/h2-5,13-14H,6,17H2,1H3. The number of rotatable bonds is 4. The van der Waals surface area contributed by atoms with E-state index >= 15 is 0 Å². The molecule has 4 nitrogen and oxygen atoms in total. The topological polar surface area (TPSA) is 58.2 Å². The average Bonchev–Trinajstić information content (AvgIpc) is 2.32. The summed E-state index contributed by atoms with van der Waals surface area (Å²) in [5.41, 5.74) is 1.41. The molecule has 0 bridgehead atoms. The monoisotopic (exact) mass is 248 g/mol. The van der Waals surface area contributed by atoms with Crippen molar-refractivity contribution in [3.63, 3.8) is 0 Å². The molecule has 2 aromatic rings. The minimum absolute atomic E-state index is 0.361. The molecule has 0 aliphatic rings. The highest BCUT2D eigenvalue weighted by Crippen LogP contribution is 2.15. The number of anilines is 2. The Morgan fingerprint density at radius 2 is 1.94 bits per heavy atom. The predicted octanol–water partition coefficient (Wildman–Crippen LogP) is 0.246. The van der Waals surface area contributed by atoms with Crippen molar-refractivity contribution >= 4 is 25.9 Å². The number of benzene rings is 1. The molecule has 0 aliphatic heterocycles. The van der Waals surface area contributed by atoms with Gasteiger partial charge in [0.25, 0.3) is 0 Å². The Kier molecular flexibility index (Phi) is 3.36. The molecule has 0 aromatic heterocycles. The summed E-state index contributed by atoms with van der Waals surface area (Å²) in [7, 11) is 4.47. The maximum Gasteiger partial charge on any atom is 0.249 e. The van der Waals surface area contributed by atoms with E-state index in [0.29, 0.717) is 5.69 Å². The third-order valence-corrected chi connectivity index (χ3v) is 3.02. The molecule has 0 heterocycles. The number of hydrogen-bond donors (Lipinski definition) is 2. The van der Waals surface area contributed by atoms with Gasteiger partial charge in [0.1, 0.15) is 0 Å². The summed E-state index contributed by atoms with van der Waals surface area (Å²) in [5.74, 6) is 0. The first-order valence-electron chi connectivity index (χ1n) is 5.22. The molecule has 0 aliphatic carbocycles. The van der Waals surface area contributed by atoms with Crippen LogP contribution in [-0.4, -0.2) is 7.05 Å². The van der Waals surface area contributed by atoms with Gasteiger partial charge in [-0.3, -0.25) is 9.59 Å². The van der Waals surface area contributed by atoms with Gasteiger partial charge < -0.3 is 10.6 Å². The summed E-state index contributed by atoms with van der Waals surface area (Å²) in [4.78, 5) is 22.0. The fourth-order valence-electron chi connectivity index (χ4n) is 1.58. The van der Waals surface area contributed by atoms with Crippen LogP contribution in [-0.2, 0) is 6.54 Å². The Labute approximate surface area is 101 Å². The van der Waals surface area contributed by atoms with Gasteiger partial charge in [-0.25, -0.2) is 0 Å². The van der Waals surface area contributed by atoms with Gasteiger partial charge in [-0.2, -0.15) is 0 Å². The zero-order valence-corrected chi connectivity index (χ0v) is 10.6. The van der Waals surface area contributed by atoms with E-state index in [-0.39, 0.29) is 0 Å². The largest absolute Gasteiger partial charge is 0.352 e. The second-order valence-corrected chi connectivity index (χ2v) is 4.45. The molecule has 0 spiro atoms. The lowest BCUT2D eigenvalue weighted by molar-refractivity contribution is 0.818. The zero-order valence-electron chi connectivity index (χ0n) is 9.41. The van der Waals surface area contributed by atoms with E-state index in [1.54, 1.807) is 0 Å². The van der Waals surface area contributed by atoms with Crippen molar-refractivity contribution in [2.45, 2.75) is 6.54 Å². The smallest absolute Gasteiger partial charge is 0.249 e. The quantitative estimate of drug-likeness (QED) is 0.601. The Hall–Kier alpha value is -1.51. The van der Waals surface area contributed by atoms with Crippen molar-refractivity contribution in [2.75, 3.05) is 12.4 Å². The number of nitrogens with one attached hydrogen (secondary N) is 2. The minimum atomic E-state index is -0.451. The summed E-state index contributed by atoms with van der Waals surface area (Å²) in [6.45, 7) is 0.756. The van der Waals surface area contributed by atoms with Crippen LogP contribution in [0.1, 0.15) is 5.56 Å². The van der Waals surface area contributed by atoms with Gasteiger partial charge in [0.05, 0.1) is 5.69 Å². The van der Waals surface area contributed by atoms with Crippen molar-refractivity contribution < 1.29 is 0 Å². The van der Waals surface area contributed by atoms with Gasteiger partial charge in [-0.1, -0.05) is 12.1 Å². The summed E-state index contributed by atoms with van der Waals surface area (Å²) >= 11 is 0. The van der Waals surface area contributed by atoms with Crippen LogP contribution in [0.25, 0.3) is 0 Å². The van der Waals surface area contributed by atoms with Gasteiger partial charge in [0, 0.05) is 18.3 Å². The van der Waals surface area contributed by atoms with Crippen molar-refractivity contribution in [3.05, 3.63) is 50.3 Å². The van der Waals surface area contributed by atoms with Crippen LogP contribution in [0.2, 0.25) is 0 Å². The van der Waals surface area contributed by atoms with Gasteiger partial charge in [-0.05, 0) is 24.0 Å². The fraction of sp³-hybridized carbons (Fsp3) is 0.167. The molecule has 2 aromatic carbocycles. The normalized spacial score (nSPS) is 10.7. The maximum atomic E-state index is 11.2. The van der Waals surface area contributed by atoms with Crippen LogP contribution in [0.15, 0.2) is 33.9 Å². The van der Waals surface area contributed by atoms with Crippen LogP contribution in [0, 0.1) is 0 Å². The lowest BCUT2D eigenvalue weighted by Gasteiger charge is -2.11. The van der Waals surface area contributed by atoms with E-state index in [1.165, 1.54) is 6.07 Å². The van der Waals surface area contributed by atoms with Gasteiger partial charge in [-0.15, -0.1) is 9.24 Å². The molecule has 88 valence electrons. The predicted molar refractivity (Wildman–Crippen MR) is 73.2 cm³/mol. The Bertz CT molecular complexity index is 615. The van der Waals surface area contributed by atoms with E-state index in [9.17, 15) is 9.59 Å². The van der Waals surface area contributed by atoms with E-state index < -0.39 is 10.9 Å². The fourth-order valence-corrected chi connectivity index (χ4v) is 1.83. The summed E-state index contributed by atoms with van der Waals surface area (Å²) in [6.07, 6.45) is 0. The lowest BCUT2D eigenvalue weighted by Crippen LogP contribution is -2.31. The SMILES string of the molecule is CNCc1ccc(P)c(Nc2cc(=O)c2=O)c1. The third kappa shape index (κ3) is 2.43. The highest BCUT2D eigenvalue weighted by Gasteiger charge is 2.10. The molecule has 2 rings (SSSR count). The molecule has 0 saturated carbocycles. The van der Waals surface area contributed by atoms with Crippen LogP contribution >= 0.6 is 9.24 Å². The highest BCUT2D eigenvalue weighted by atomic mass is 31.0. The van der Waals surface area contributed by atoms with Crippen molar-refractivity contribution in [2.24, 2.45) is 0 Å². The summed E-state index contributed by atoms with van der Waals surface area (Å²) in [5, 5.41) is 6.98. The van der Waals surface area contributed by atoms with E-state index in [1.807, 2.05) is 25.2 Å². The second kappa shape index (κ2) is 4.78. The van der Waals surface area contributed by atoms with Crippen molar-refractivity contribution in [1.82, 2.24) is 5.32 Å². The van der Waals surface area contributed by atoms with Crippen LogP contribution in [0.5, 0.6) is 0 Å². The van der Waals surface area contributed by atoms with Crippen molar-refractivity contribution in [1.29, 1.82) is 0 Å². The molecule has 0 fully saturated rings. The van der Waals surface area contributed by atoms with Gasteiger partial charge >= 0.3 is 0 Å². The van der Waals surface area contributed by atoms with Crippen molar-refractivity contribution in [3.8, 4) is 0 Å². The molecule has 1 atom stereocenters. The zero-order chi connectivity index (χ0) is 12.4. The maximum absolute atomic E-state index is 11.2. The molecule has 0 saturated heterocycles. The van der Waals surface area contributed by atoms with Gasteiger partial charge in [0.15, 0.2) is 0 Å². The third-order valence-electron chi connectivity index (χ3n) is 2.51. The first kappa shape index (κ1) is 12.0. The van der Waals surface area contributed by atoms with E-state index in [4.69, 9.17) is 0 Å². The molecular formula is C12H13N2O2P. The number of hydrogen-bond acceptors (Lipinski definition) is 4. The molecule has 0 amide bonds. The highest BCUT2D eigenvalue weighted by molar-refractivity contribution is 7.28. The second-order valence-electron chi connectivity index (χ2n) is 3.83. The molecular weight excluding hydrogens is 235 g/mol.